The Hall–Kier alpha value is -4.51. The molecule has 1 aliphatic rings. The summed E-state index contributed by atoms with van der Waals surface area (Å²) in [6.07, 6.45) is -1.73. The molecule has 17 heteroatoms. The van der Waals surface area contributed by atoms with E-state index in [0.717, 1.165) is 11.3 Å². The number of amides is 3. The van der Waals surface area contributed by atoms with E-state index < -0.39 is 62.3 Å². The van der Waals surface area contributed by atoms with Crippen LogP contribution in [0.4, 0.5) is 14.7 Å². The van der Waals surface area contributed by atoms with Gasteiger partial charge in [0.25, 0.3) is 5.91 Å². The second kappa shape index (κ2) is 15.6. The Labute approximate surface area is 297 Å². The highest BCUT2D eigenvalue weighted by Crippen LogP contribution is 2.43. The van der Waals surface area contributed by atoms with Crippen LogP contribution in [0.1, 0.15) is 68.0 Å². The van der Waals surface area contributed by atoms with Crippen LogP contribution in [0.2, 0.25) is 18.1 Å². The minimum absolute atomic E-state index is 0.0185. The van der Waals surface area contributed by atoms with Crippen LogP contribution in [0.3, 0.4) is 0 Å². The van der Waals surface area contributed by atoms with E-state index in [-0.39, 0.29) is 39.8 Å². The molecule has 50 heavy (non-hydrogen) atoms. The quantitative estimate of drug-likeness (QED) is 0.0568. The van der Waals surface area contributed by atoms with Gasteiger partial charge in [-0.1, -0.05) is 57.2 Å². The van der Waals surface area contributed by atoms with Crippen LogP contribution >= 0.6 is 11.3 Å². The zero-order chi connectivity index (χ0) is 37.7. The van der Waals surface area contributed by atoms with Crippen LogP contribution in [0, 0.1) is 0 Å². The van der Waals surface area contributed by atoms with Gasteiger partial charge >= 0.3 is 18.2 Å². The van der Waals surface area contributed by atoms with E-state index >= 15 is 0 Å². The largest absolute Gasteiger partial charge is 0.513 e. The lowest BCUT2D eigenvalue weighted by atomic mass is 9.99. The van der Waals surface area contributed by atoms with Gasteiger partial charge in [-0.05, 0) is 58.7 Å². The maximum absolute atomic E-state index is 13.8. The minimum atomic E-state index is -2.53. The van der Waals surface area contributed by atoms with E-state index in [1.807, 2.05) is 33.9 Å². The number of aromatic nitrogens is 1. The van der Waals surface area contributed by atoms with Crippen molar-refractivity contribution in [1.82, 2.24) is 14.9 Å². The molecule has 274 valence electrons. The van der Waals surface area contributed by atoms with E-state index in [4.69, 9.17) is 23.8 Å². The Balaban J connectivity index is 1.87. The SMILES string of the molecule is CC(C)(C)OC(=O)CO/N=C(\C(=O)NC1C(=O)N([Si](C)(C)C(C)(C)C)C1COC(=O)Oc1ccccc1)c1csc(NC(=O)OC(C)(C)C)n1. The summed E-state index contributed by atoms with van der Waals surface area (Å²) >= 11 is 0.983. The van der Waals surface area contributed by atoms with Crippen LogP contribution in [0.25, 0.3) is 0 Å². The number of oxime groups is 1. The molecule has 0 spiro atoms. The van der Waals surface area contributed by atoms with Crippen LogP contribution < -0.4 is 15.4 Å². The summed E-state index contributed by atoms with van der Waals surface area (Å²) in [6.45, 7) is 19.4. The molecule has 1 aromatic carbocycles. The van der Waals surface area contributed by atoms with E-state index in [9.17, 15) is 24.0 Å². The summed E-state index contributed by atoms with van der Waals surface area (Å²) in [5.41, 5.74) is -1.95. The highest BCUT2D eigenvalue weighted by Gasteiger charge is 2.58. The number of thiazole rings is 1. The Bertz CT molecular complexity index is 1590. The van der Waals surface area contributed by atoms with Crippen LogP contribution in [-0.4, -0.2) is 90.0 Å². The summed E-state index contributed by atoms with van der Waals surface area (Å²) in [4.78, 5) is 74.2. The lowest BCUT2D eigenvalue weighted by Crippen LogP contribution is -2.80. The first-order valence-electron chi connectivity index (χ1n) is 15.9. The van der Waals surface area contributed by atoms with Crippen molar-refractivity contribution in [2.24, 2.45) is 5.16 Å². The first-order chi connectivity index (χ1) is 23.0. The average Bonchev–Trinajstić information content (AvgIpc) is 3.41. The number of nitrogens with zero attached hydrogens (tertiary/aromatic N) is 3. The first kappa shape index (κ1) is 39.9. The maximum atomic E-state index is 13.8. The zero-order valence-corrected chi connectivity index (χ0v) is 32.2. The van der Waals surface area contributed by atoms with E-state index in [1.165, 1.54) is 5.38 Å². The molecule has 1 aromatic heterocycles. The third-order valence-electron chi connectivity index (χ3n) is 7.59. The topological polar surface area (TPSA) is 184 Å². The van der Waals surface area contributed by atoms with Gasteiger partial charge in [-0.15, -0.1) is 11.3 Å². The second-order valence-electron chi connectivity index (χ2n) is 15.0. The molecule has 1 saturated heterocycles. The summed E-state index contributed by atoms with van der Waals surface area (Å²) in [6, 6.07) is 6.51. The minimum Gasteiger partial charge on any atom is -0.457 e. The fourth-order valence-corrected chi connectivity index (χ4v) is 7.60. The van der Waals surface area contributed by atoms with Gasteiger partial charge in [0, 0.05) is 5.38 Å². The van der Waals surface area contributed by atoms with Crippen molar-refractivity contribution >= 4 is 60.4 Å². The molecule has 2 aromatic rings. The molecule has 0 aliphatic carbocycles. The molecular weight excluding hydrogens is 687 g/mol. The Morgan fingerprint density at radius 2 is 1.58 bits per heavy atom. The standard InChI is InChI=1S/C33H47N5O10SSi/c1-31(2,3)47-23(39)18-45-37-24(21-19-49-28(34-21)36-29(42)48-32(4,5)6)26(40)35-25-22(38(27(25)41)50(10,11)33(7,8)9)17-44-30(43)46-20-15-13-12-14-16-20/h12-16,19,22,25H,17-18H2,1-11H3,(H,35,40)(H,34,36,42)/b37-24-. The highest BCUT2D eigenvalue weighted by atomic mass is 32.1. The lowest BCUT2D eigenvalue weighted by Gasteiger charge is -2.57. The normalized spacial score (nSPS) is 16.9. The number of rotatable bonds is 11. The van der Waals surface area contributed by atoms with Crippen molar-refractivity contribution < 1.29 is 47.8 Å². The number of hydrogen-bond acceptors (Lipinski definition) is 13. The van der Waals surface area contributed by atoms with Gasteiger partial charge in [-0.2, -0.15) is 0 Å². The molecule has 1 aliphatic heterocycles. The van der Waals surface area contributed by atoms with Crippen molar-refractivity contribution in [3.05, 3.63) is 41.4 Å². The van der Waals surface area contributed by atoms with E-state index in [2.05, 4.69) is 20.8 Å². The molecule has 0 radical (unpaired) electrons. The first-order valence-corrected chi connectivity index (χ1v) is 19.7. The molecule has 3 rings (SSSR count). The smallest absolute Gasteiger partial charge is 0.457 e. The van der Waals surface area contributed by atoms with Gasteiger partial charge < -0.3 is 33.7 Å². The number of ether oxygens (including phenoxy) is 4. The van der Waals surface area contributed by atoms with Crippen molar-refractivity contribution in [1.29, 1.82) is 0 Å². The number of nitrogens with one attached hydrogen (secondary N) is 2. The molecule has 3 amide bonds. The molecule has 2 heterocycles. The number of para-hydroxylation sites is 1. The monoisotopic (exact) mass is 733 g/mol. The fraction of sp³-hybridized carbons (Fsp3) is 0.545. The Morgan fingerprint density at radius 1 is 0.960 bits per heavy atom. The number of carbonyl (C=O) groups excluding carboxylic acids is 5. The van der Waals surface area contributed by atoms with Crippen molar-refractivity contribution in [3.63, 3.8) is 0 Å². The molecule has 0 saturated carbocycles. The van der Waals surface area contributed by atoms with Gasteiger partial charge in [0.15, 0.2) is 19.1 Å². The van der Waals surface area contributed by atoms with Crippen LogP contribution in [0.15, 0.2) is 40.9 Å². The number of carbonyl (C=O) groups is 5. The highest BCUT2D eigenvalue weighted by molar-refractivity contribution is 7.14. The predicted molar refractivity (Wildman–Crippen MR) is 188 cm³/mol. The molecule has 2 atom stereocenters. The molecule has 1 fully saturated rings. The maximum Gasteiger partial charge on any atom is 0.513 e. The number of hydrogen-bond donors (Lipinski definition) is 2. The molecule has 2 N–H and O–H groups in total. The Morgan fingerprint density at radius 3 is 2.16 bits per heavy atom. The van der Waals surface area contributed by atoms with E-state index in [1.54, 1.807) is 76.4 Å². The van der Waals surface area contributed by atoms with Crippen LogP contribution in [0.5, 0.6) is 5.75 Å². The summed E-state index contributed by atoms with van der Waals surface area (Å²) in [7, 11) is -2.53. The number of benzene rings is 1. The van der Waals surface area contributed by atoms with Crippen molar-refractivity contribution in [2.75, 3.05) is 18.5 Å². The molecule has 15 nitrogen and oxygen atoms in total. The van der Waals surface area contributed by atoms with Gasteiger partial charge in [-0.3, -0.25) is 14.9 Å². The van der Waals surface area contributed by atoms with E-state index in [0.29, 0.717) is 0 Å². The van der Waals surface area contributed by atoms with Crippen molar-refractivity contribution in [3.8, 4) is 5.75 Å². The summed E-state index contributed by atoms with van der Waals surface area (Å²) in [5, 5.41) is 10.3. The second-order valence-corrected chi connectivity index (χ2v) is 20.9. The van der Waals surface area contributed by atoms with Gasteiger partial charge in [0.1, 0.15) is 35.3 Å². The van der Waals surface area contributed by atoms with Gasteiger partial charge in [-0.25, -0.2) is 19.4 Å². The van der Waals surface area contributed by atoms with Gasteiger partial charge in [0.05, 0.1) is 6.04 Å². The third kappa shape index (κ3) is 11.0. The summed E-state index contributed by atoms with van der Waals surface area (Å²) < 4.78 is 22.9. The molecular formula is C33H47N5O10SSi. The lowest BCUT2D eigenvalue weighted by molar-refractivity contribution is -0.160. The Kier molecular flexibility index (Phi) is 12.4. The van der Waals surface area contributed by atoms with Gasteiger partial charge in [0.2, 0.25) is 12.5 Å². The number of β-lactam (4-membered cyclic amide) rings is 1. The molecule has 0 bridgehead atoms. The number of esters is 1. The zero-order valence-electron chi connectivity index (χ0n) is 30.4. The number of anilines is 1. The van der Waals surface area contributed by atoms with Crippen LogP contribution in [-0.2, 0) is 33.4 Å². The average molecular weight is 734 g/mol. The fourth-order valence-electron chi connectivity index (χ4n) is 4.46. The summed E-state index contributed by atoms with van der Waals surface area (Å²) in [5.74, 6) is -1.68. The third-order valence-corrected chi connectivity index (χ3v) is 13.8. The van der Waals surface area contributed by atoms with Crippen molar-refractivity contribution in [2.45, 2.75) is 104 Å². The molecule has 2 unspecified atom stereocenters. The predicted octanol–water partition coefficient (Wildman–Crippen LogP) is 5.47.